The standard InChI is InChI=1S/C16H18N6O2/c1-10-4-6-17-15(23)5-7-22-18-9-14(21-22)16-12-8-11(24-10)2-3-13(12)19-20-16/h2-3,8-10H,4-7H2,1H3,(H,17,23)(H,19,20)/t10-/m0/s1. The SMILES string of the molecule is C[C@H]1CCNC(=O)CCn2ncc(n2)-c2n[nH]c3ccc(cc23)O1. The predicted molar refractivity (Wildman–Crippen MR) is 87.4 cm³/mol. The first kappa shape index (κ1) is 14.7. The highest BCUT2D eigenvalue weighted by molar-refractivity contribution is 5.92. The van der Waals surface area contributed by atoms with Gasteiger partial charge in [0, 0.05) is 24.8 Å². The monoisotopic (exact) mass is 326 g/mol. The van der Waals surface area contributed by atoms with Crippen molar-refractivity contribution in [2.75, 3.05) is 6.54 Å². The highest BCUT2D eigenvalue weighted by Crippen LogP contribution is 2.28. The van der Waals surface area contributed by atoms with E-state index in [1.165, 1.54) is 4.80 Å². The van der Waals surface area contributed by atoms with E-state index in [0.717, 1.165) is 28.8 Å². The summed E-state index contributed by atoms with van der Waals surface area (Å²) in [6.45, 7) is 3.01. The third-order valence-electron chi connectivity index (χ3n) is 4.06. The first-order valence-corrected chi connectivity index (χ1v) is 8.01. The maximum absolute atomic E-state index is 11.9. The van der Waals surface area contributed by atoms with Crippen molar-refractivity contribution in [1.82, 2.24) is 30.5 Å². The second-order valence-corrected chi connectivity index (χ2v) is 5.92. The van der Waals surface area contributed by atoms with Gasteiger partial charge >= 0.3 is 0 Å². The van der Waals surface area contributed by atoms with Gasteiger partial charge in [0.2, 0.25) is 5.91 Å². The van der Waals surface area contributed by atoms with E-state index < -0.39 is 0 Å². The normalized spacial score (nSPS) is 18.7. The van der Waals surface area contributed by atoms with Gasteiger partial charge in [0.05, 0.1) is 24.4 Å². The summed E-state index contributed by atoms with van der Waals surface area (Å²) in [6, 6.07) is 5.81. The lowest BCUT2D eigenvalue weighted by Crippen LogP contribution is -2.28. The molecule has 1 aliphatic heterocycles. The molecule has 1 atom stereocenters. The molecule has 0 fully saturated rings. The number of amides is 1. The quantitative estimate of drug-likeness (QED) is 0.652. The lowest BCUT2D eigenvalue weighted by molar-refractivity contribution is -0.121. The summed E-state index contributed by atoms with van der Waals surface area (Å²) < 4.78 is 5.96. The summed E-state index contributed by atoms with van der Waals surface area (Å²) in [5.41, 5.74) is 2.32. The van der Waals surface area contributed by atoms with Crippen molar-refractivity contribution in [3.05, 3.63) is 24.4 Å². The smallest absolute Gasteiger partial charge is 0.221 e. The van der Waals surface area contributed by atoms with E-state index in [9.17, 15) is 4.79 Å². The second-order valence-electron chi connectivity index (χ2n) is 5.92. The van der Waals surface area contributed by atoms with Gasteiger partial charge in [-0.15, -0.1) is 0 Å². The van der Waals surface area contributed by atoms with Gasteiger partial charge in [0.25, 0.3) is 0 Å². The van der Waals surface area contributed by atoms with Crippen LogP contribution in [0.3, 0.4) is 0 Å². The van der Waals surface area contributed by atoms with Gasteiger partial charge in [-0.25, -0.2) is 0 Å². The van der Waals surface area contributed by atoms with Crippen LogP contribution in [0.15, 0.2) is 24.4 Å². The number of aromatic nitrogens is 5. The molecule has 2 N–H and O–H groups in total. The number of nitrogens with zero attached hydrogens (tertiary/aromatic N) is 4. The molecule has 3 heterocycles. The Bertz CT molecular complexity index is 884. The number of H-pyrrole nitrogens is 1. The Morgan fingerprint density at radius 3 is 3.21 bits per heavy atom. The number of aryl methyl sites for hydroxylation is 1. The number of hydrogen-bond donors (Lipinski definition) is 2. The fraction of sp³-hybridized carbons (Fsp3) is 0.375. The van der Waals surface area contributed by atoms with Crippen LogP contribution >= 0.6 is 0 Å². The van der Waals surface area contributed by atoms with Crippen molar-refractivity contribution in [3.63, 3.8) is 0 Å². The molecule has 8 heteroatoms. The summed E-state index contributed by atoms with van der Waals surface area (Å²) in [5.74, 6) is 0.755. The van der Waals surface area contributed by atoms with Gasteiger partial charge in [0.15, 0.2) is 0 Å². The Morgan fingerprint density at radius 2 is 2.29 bits per heavy atom. The van der Waals surface area contributed by atoms with E-state index in [1.54, 1.807) is 6.20 Å². The van der Waals surface area contributed by atoms with Crippen LogP contribution in [0.4, 0.5) is 0 Å². The first-order valence-electron chi connectivity index (χ1n) is 8.01. The number of carbonyl (C=O) groups excluding carboxylic acids is 1. The molecule has 4 bridgehead atoms. The van der Waals surface area contributed by atoms with Crippen LogP contribution in [0.5, 0.6) is 5.75 Å². The molecule has 0 spiro atoms. The van der Waals surface area contributed by atoms with E-state index in [4.69, 9.17) is 4.74 Å². The number of ether oxygens (including phenoxy) is 1. The number of hydrogen-bond acceptors (Lipinski definition) is 5. The van der Waals surface area contributed by atoms with Crippen LogP contribution < -0.4 is 10.1 Å². The predicted octanol–water partition coefficient (Wildman–Crippen LogP) is 1.50. The average molecular weight is 326 g/mol. The largest absolute Gasteiger partial charge is 0.491 e. The molecule has 1 aromatic carbocycles. The minimum absolute atomic E-state index is 0.00216. The molecule has 0 saturated heterocycles. The molecule has 0 unspecified atom stereocenters. The summed E-state index contributed by atoms with van der Waals surface area (Å²) in [4.78, 5) is 13.4. The van der Waals surface area contributed by atoms with E-state index in [2.05, 4.69) is 25.7 Å². The summed E-state index contributed by atoms with van der Waals surface area (Å²) >= 11 is 0. The number of aromatic amines is 1. The molecule has 4 rings (SSSR count). The lowest BCUT2D eigenvalue weighted by Gasteiger charge is -2.15. The zero-order valence-corrected chi connectivity index (χ0v) is 13.3. The molecular weight excluding hydrogens is 308 g/mol. The third kappa shape index (κ3) is 2.82. The summed E-state index contributed by atoms with van der Waals surface area (Å²) in [6.07, 6.45) is 2.75. The van der Waals surface area contributed by atoms with Gasteiger partial charge in [-0.3, -0.25) is 9.89 Å². The Morgan fingerprint density at radius 1 is 1.38 bits per heavy atom. The second kappa shape index (κ2) is 5.95. The van der Waals surface area contributed by atoms with Crippen LogP contribution in [0.25, 0.3) is 22.3 Å². The van der Waals surface area contributed by atoms with Gasteiger partial charge in [0.1, 0.15) is 17.1 Å². The zero-order chi connectivity index (χ0) is 16.5. The minimum atomic E-state index is -0.0151. The Labute approximate surface area is 138 Å². The molecule has 124 valence electrons. The average Bonchev–Trinajstić information content (AvgIpc) is 3.18. The molecule has 0 aliphatic carbocycles. The Hall–Kier alpha value is -2.90. The highest BCUT2D eigenvalue weighted by Gasteiger charge is 2.15. The molecular formula is C16H18N6O2. The number of nitrogens with one attached hydrogen (secondary N) is 2. The van der Waals surface area contributed by atoms with Gasteiger partial charge in [-0.1, -0.05) is 0 Å². The maximum atomic E-state index is 11.9. The molecule has 2 aromatic heterocycles. The summed E-state index contributed by atoms with van der Waals surface area (Å²) in [5, 5.41) is 19.8. The minimum Gasteiger partial charge on any atom is -0.491 e. The number of rotatable bonds is 0. The zero-order valence-electron chi connectivity index (χ0n) is 13.3. The Kier molecular flexibility index (Phi) is 3.64. The lowest BCUT2D eigenvalue weighted by atomic mass is 10.1. The molecule has 24 heavy (non-hydrogen) atoms. The van der Waals surface area contributed by atoms with Crippen molar-refractivity contribution >= 4 is 16.8 Å². The van der Waals surface area contributed by atoms with Crippen LogP contribution in [0.1, 0.15) is 19.8 Å². The van der Waals surface area contributed by atoms with Crippen LogP contribution in [0, 0.1) is 0 Å². The molecule has 8 nitrogen and oxygen atoms in total. The maximum Gasteiger partial charge on any atom is 0.221 e. The van der Waals surface area contributed by atoms with Gasteiger partial charge < -0.3 is 10.1 Å². The number of fused-ring (bicyclic) bond motifs is 4. The molecule has 1 aliphatic rings. The van der Waals surface area contributed by atoms with Crippen LogP contribution in [-0.4, -0.2) is 43.7 Å². The topological polar surface area (TPSA) is 97.7 Å². The number of carbonyl (C=O) groups is 1. The van der Waals surface area contributed by atoms with Crippen molar-refractivity contribution in [3.8, 4) is 17.1 Å². The van der Waals surface area contributed by atoms with Crippen molar-refractivity contribution in [1.29, 1.82) is 0 Å². The molecule has 1 amide bonds. The molecule has 0 saturated carbocycles. The Balaban J connectivity index is 1.76. The fourth-order valence-corrected chi connectivity index (χ4v) is 2.77. The third-order valence-corrected chi connectivity index (χ3v) is 4.06. The van der Waals surface area contributed by atoms with Crippen molar-refractivity contribution in [2.24, 2.45) is 0 Å². The first-order chi connectivity index (χ1) is 11.7. The van der Waals surface area contributed by atoms with Gasteiger partial charge in [-0.05, 0) is 25.1 Å². The van der Waals surface area contributed by atoms with E-state index in [-0.39, 0.29) is 12.0 Å². The van der Waals surface area contributed by atoms with E-state index in [1.807, 2.05) is 25.1 Å². The highest BCUT2D eigenvalue weighted by atomic mass is 16.5. The number of benzene rings is 1. The van der Waals surface area contributed by atoms with E-state index >= 15 is 0 Å². The van der Waals surface area contributed by atoms with E-state index in [0.29, 0.717) is 25.2 Å². The molecule has 3 aromatic rings. The molecule has 0 radical (unpaired) electrons. The van der Waals surface area contributed by atoms with Crippen LogP contribution in [-0.2, 0) is 11.3 Å². The van der Waals surface area contributed by atoms with Gasteiger partial charge in [-0.2, -0.15) is 20.1 Å². The van der Waals surface area contributed by atoms with Crippen molar-refractivity contribution < 1.29 is 9.53 Å². The van der Waals surface area contributed by atoms with Crippen molar-refractivity contribution in [2.45, 2.75) is 32.4 Å². The fourth-order valence-electron chi connectivity index (χ4n) is 2.77. The summed E-state index contributed by atoms with van der Waals surface area (Å²) in [7, 11) is 0. The van der Waals surface area contributed by atoms with Crippen LogP contribution in [0.2, 0.25) is 0 Å².